The molecule has 3 heterocycles. The van der Waals surface area contributed by atoms with Gasteiger partial charge in [-0.2, -0.15) is 0 Å². The van der Waals surface area contributed by atoms with Gasteiger partial charge in [-0.25, -0.2) is 0 Å². The second-order valence-corrected chi connectivity index (χ2v) is 3.99. The minimum Gasteiger partial charge on any atom is -0.370 e. The third kappa shape index (κ3) is 1.41. The Morgan fingerprint density at radius 1 is 1.40 bits per heavy atom. The van der Waals surface area contributed by atoms with Crippen LogP contribution in [0, 0.1) is 0 Å². The summed E-state index contributed by atoms with van der Waals surface area (Å²) in [6, 6.07) is 5.58. The average molecular weight is 224 g/mol. The van der Waals surface area contributed by atoms with E-state index in [1.165, 1.54) is 0 Å². The van der Waals surface area contributed by atoms with Crippen molar-refractivity contribution >= 4 is 17.2 Å². The monoisotopic (exact) mass is 223 g/mol. The van der Waals surface area contributed by atoms with Crippen LogP contribution in [0.25, 0.3) is 5.65 Å². The maximum absolute atomic E-state index is 6.11. The fourth-order valence-corrected chi connectivity index (χ4v) is 2.16. The molecule has 15 heavy (non-hydrogen) atoms. The highest BCUT2D eigenvalue weighted by Crippen LogP contribution is 2.28. The summed E-state index contributed by atoms with van der Waals surface area (Å²) in [6.45, 7) is 0.796. The van der Waals surface area contributed by atoms with Gasteiger partial charge in [-0.1, -0.05) is 17.7 Å². The molecule has 2 aromatic rings. The van der Waals surface area contributed by atoms with E-state index in [0.717, 1.165) is 30.9 Å². The second kappa shape index (κ2) is 3.47. The zero-order chi connectivity index (χ0) is 10.3. The van der Waals surface area contributed by atoms with E-state index in [1.807, 2.05) is 22.6 Å². The minimum atomic E-state index is 0.0416. The summed E-state index contributed by atoms with van der Waals surface area (Å²) < 4.78 is 7.42. The molecule has 5 heteroatoms. The smallest absolute Gasteiger partial charge is 0.167 e. The lowest BCUT2D eigenvalue weighted by Crippen LogP contribution is -2.03. The summed E-state index contributed by atoms with van der Waals surface area (Å²) >= 11 is 6.11. The van der Waals surface area contributed by atoms with Gasteiger partial charge in [0.25, 0.3) is 0 Å². The van der Waals surface area contributed by atoms with Gasteiger partial charge >= 0.3 is 0 Å². The summed E-state index contributed by atoms with van der Waals surface area (Å²) in [5.41, 5.74) is 0.771. The number of fused-ring (bicyclic) bond motifs is 1. The second-order valence-electron chi connectivity index (χ2n) is 3.60. The van der Waals surface area contributed by atoms with Crippen molar-refractivity contribution in [3.05, 3.63) is 29.2 Å². The van der Waals surface area contributed by atoms with Crippen LogP contribution in [0.1, 0.15) is 24.8 Å². The maximum atomic E-state index is 6.11. The topological polar surface area (TPSA) is 39.4 Å². The van der Waals surface area contributed by atoms with Crippen LogP contribution in [-0.2, 0) is 4.74 Å². The van der Waals surface area contributed by atoms with Crippen LogP contribution in [0.2, 0.25) is 5.15 Å². The maximum Gasteiger partial charge on any atom is 0.167 e. The van der Waals surface area contributed by atoms with E-state index in [1.54, 1.807) is 0 Å². The molecule has 0 spiro atoms. The molecule has 0 bridgehead atoms. The molecule has 4 nitrogen and oxygen atoms in total. The molecule has 0 saturated carbocycles. The summed E-state index contributed by atoms with van der Waals surface area (Å²) in [5, 5.41) is 8.84. The largest absolute Gasteiger partial charge is 0.370 e. The molecule has 2 aromatic heterocycles. The number of nitrogens with zero attached hydrogens (tertiary/aromatic N) is 3. The Balaban J connectivity index is 2.18. The highest BCUT2D eigenvalue weighted by molar-refractivity contribution is 6.29. The van der Waals surface area contributed by atoms with E-state index in [4.69, 9.17) is 16.3 Å². The lowest BCUT2D eigenvalue weighted by Gasteiger charge is -2.07. The molecule has 1 aliphatic heterocycles. The van der Waals surface area contributed by atoms with Gasteiger partial charge in [0.15, 0.2) is 11.5 Å². The average Bonchev–Trinajstić information content (AvgIpc) is 2.85. The normalized spacial score (nSPS) is 21.3. The highest BCUT2D eigenvalue weighted by Gasteiger charge is 2.23. The van der Waals surface area contributed by atoms with Crippen molar-refractivity contribution in [2.24, 2.45) is 0 Å². The number of aromatic nitrogens is 3. The number of hydrogen-bond acceptors (Lipinski definition) is 3. The number of ether oxygens (including phenoxy) is 1. The van der Waals surface area contributed by atoms with Crippen molar-refractivity contribution in [1.82, 2.24) is 14.6 Å². The Bertz CT molecular complexity index is 490. The molecule has 1 unspecified atom stereocenters. The minimum absolute atomic E-state index is 0.0416. The fraction of sp³-hybridized carbons (Fsp3) is 0.400. The summed E-state index contributed by atoms with van der Waals surface area (Å²) in [4.78, 5) is 0. The lowest BCUT2D eigenvalue weighted by molar-refractivity contribution is 0.104. The molecule has 0 aliphatic carbocycles. The van der Waals surface area contributed by atoms with Crippen LogP contribution in [0.4, 0.5) is 0 Å². The zero-order valence-corrected chi connectivity index (χ0v) is 8.81. The van der Waals surface area contributed by atoms with Crippen molar-refractivity contribution in [2.75, 3.05) is 6.61 Å². The van der Waals surface area contributed by atoms with Gasteiger partial charge in [0.05, 0.1) is 0 Å². The molecule has 0 aromatic carbocycles. The van der Waals surface area contributed by atoms with Gasteiger partial charge in [0.1, 0.15) is 11.3 Å². The Labute approximate surface area is 91.8 Å². The Morgan fingerprint density at radius 2 is 2.33 bits per heavy atom. The molecule has 1 fully saturated rings. The van der Waals surface area contributed by atoms with Crippen LogP contribution in [0.3, 0.4) is 0 Å². The van der Waals surface area contributed by atoms with Crippen molar-refractivity contribution in [3.8, 4) is 0 Å². The van der Waals surface area contributed by atoms with E-state index >= 15 is 0 Å². The van der Waals surface area contributed by atoms with Crippen LogP contribution in [-0.4, -0.2) is 21.2 Å². The van der Waals surface area contributed by atoms with Crippen molar-refractivity contribution in [1.29, 1.82) is 0 Å². The van der Waals surface area contributed by atoms with Gasteiger partial charge in [-0.15, -0.1) is 10.2 Å². The molecule has 1 aliphatic rings. The van der Waals surface area contributed by atoms with E-state index in [-0.39, 0.29) is 6.10 Å². The lowest BCUT2D eigenvalue weighted by atomic mass is 10.2. The summed E-state index contributed by atoms with van der Waals surface area (Å²) in [7, 11) is 0. The molecule has 0 N–H and O–H groups in total. The van der Waals surface area contributed by atoms with Gasteiger partial charge in [0, 0.05) is 6.61 Å². The first-order chi connectivity index (χ1) is 7.36. The first-order valence-electron chi connectivity index (χ1n) is 4.97. The van der Waals surface area contributed by atoms with E-state index < -0.39 is 0 Å². The van der Waals surface area contributed by atoms with E-state index in [0.29, 0.717) is 5.15 Å². The Hall–Kier alpha value is -1.13. The number of hydrogen-bond donors (Lipinski definition) is 0. The fourth-order valence-electron chi connectivity index (χ4n) is 1.91. The molecule has 3 rings (SSSR count). The molecular weight excluding hydrogens is 214 g/mol. The molecular formula is C10H10ClN3O. The van der Waals surface area contributed by atoms with Crippen LogP contribution in [0.5, 0.6) is 0 Å². The predicted molar refractivity (Wildman–Crippen MR) is 55.9 cm³/mol. The third-order valence-corrected chi connectivity index (χ3v) is 2.92. The quantitative estimate of drug-likeness (QED) is 0.696. The first-order valence-corrected chi connectivity index (χ1v) is 5.35. The number of rotatable bonds is 1. The van der Waals surface area contributed by atoms with Crippen LogP contribution < -0.4 is 0 Å². The van der Waals surface area contributed by atoms with Crippen molar-refractivity contribution in [2.45, 2.75) is 18.9 Å². The van der Waals surface area contributed by atoms with Gasteiger partial charge in [-0.05, 0) is 25.0 Å². The number of halogens is 1. The third-order valence-electron chi connectivity index (χ3n) is 2.62. The molecule has 0 amide bonds. The van der Waals surface area contributed by atoms with Gasteiger partial charge in [-0.3, -0.25) is 4.40 Å². The zero-order valence-electron chi connectivity index (χ0n) is 8.06. The Kier molecular flexibility index (Phi) is 2.11. The van der Waals surface area contributed by atoms with Crippen LogP contribution >= 0.6 is 11.6 Å². The van der Waals surface area contributed by atoms with Gasteiger partial charge in [0.2, 0.25) is 0 Å². The summed E-state index contributed by atoms with van der Waals surface area (Å²) in [5.74, 6) is 0.813. The summed E-state index contributed by atoms with van der Waals surface area (Å²) in [6.07, 6.45) is 2.11. The number of pyridine rings is 1. The van der Waals surface area contributed by atoms with Crippen LogP contribution in [0.15, 0.2) is 18.2 Å². The Morgan fingerprint density at radius 3 is 3.13 bits per heavy atom. The van der Waals surface area contributed by atoms with Gasteiger partial charge < -0.3 is 4.74 Å². The molecule has 78 valence electrons. The molecule has 1 atom stereocenters. The predicted octanol–water partition coefficient (Wildman–Crippen LogP) is 2.23. The SMILES string of the molecule is Clc1cccc2nnc(C3CCCO3)n12. The molecule has 0 radical (unpaired) electrons. The van der Waals surface area contributed by atoms with Crippen molar-refractivity contribution in [3.63, 3.8) is 0 Å². The first kappa shape index (κ1) is 9.12. The van der Waals surface area contributed by atoms with E-state index in [9.17, 15) is 0 Å². The van der Waals surface area contributed by atoms with E-state index in [2.05, 4.69) is 10.2 Å². The van der Waals surface area contributed by atoms with Crippen molar-refractivity contribution < 1.29 is 4.74 Å². The standard InChI is InChI=1S/C10H10ClN3O/c11-8-4-1-5-9-12-13-10(14(8)9)7-3-2-6-15-7/h1,4-5,7H,2-3,6H2. The molecule has 1 saturated heterocycles. The highest BCUT2D eigenvalue weighted by atomic mass is 35.5.